The summed E-state index contributed by atoms with van der Waals surface area (Å²) in [5.41, 5.74) is 4.71. The standard InChI is InChI=1S/C28H30N4O2S/c1-3-34-24-14-13-21(17-20(24)2)26-22(19-32(30-26)23-11-7-6-8-12-23)18-25-27(33)29-28(35-25)31-15-9-4-5-10-16-31/h6-8,11-14,17-19H,3-5,9-10,15-16H2,1-2H3/b25-18+. The third-order valence-electron chi connectivity index (χ3n) is 6.28. The van der Waals surface area contributed by atoms with E-state index in [0.29, 0.717) is 11.5 Å². The highest BCUT2D eigenvalue weighted by Gasteiger charge is 2.27. The van der Waals surface area contributed by atoms with Crippen molar-refractivity contribution in [3.05, 3.63) is 70.8 Å². The van der Waals surface area contributed by atoms with Gasteiger partial charge in [-0.1, -0.05) is 31.0 Å². The van der Waals surface area contributed by atoms with E-state index in [4.69, 9.17) is 9.84 Å². The molecular formula is C28H30N4O2S. The van der Waals surface area contributed by atoms with Crippen LogP contribution in [-0.4, -0.2) is 45.5 Å². The molecule has 5 rings (SSSR count). The summed E-state index contributed by atoms with van der Waals surface area (Å²) in [6.45, 7) is 6.58. The number of benzene rings is 2. The Balaban J connectivity index is 1.50. The van der Waals surface area contributed by atoms with Crippen LogP contribution in [0.25, 0.3) is 23.0 Å². The minimum atomic E-state index is -0.171. The number of thioether (sulfide) groups is 1. The van der Waals surface area contributed by atoms with Gasteiger partial charge in [-0.3, -0.25) is 4.79 Å². The topological polar surface area (TPSA) is 59.7 Å². The summed E-state index contributed by atoms with van der Waals surface area (Å²) in [5, 5.41) is 5.75. The van der Waals surface area contributed by atoms with Crippen LogP contribution in [0.1, 0.15) is 43.7 Å². The Kier molecular flexibility index (Phi) is 7.04. The van der Waals surface area contributed by atoms with Crippen LogP contribution in [0.4, 0.5) is 0 Å². The van der Waals surface area contributed by atoms with E-state index in [9.17, 15) is 4.79 Å². The third-order valence-corrected chi connectivity index (χ3v) is 7.33. The number of aromatic nitrogens is 2. The highest BCUT2D eigenvalue weighted by molar-refractivity contribution is 8.18. The van der Waals surface area contributed by atoms with Crippen LogP contribution in [0, 0.1) is 6.92 Å². The van der Waals surface area contributed by atoms with E-state index in [1.807, 2.05) is 73.3 Å². The number of para-hydroxylation sites is 1. The van der Waals surface area contributed by atoms with Crippen LogP contribution in [-0.2, 0) is 4.79 Å². The first-order chi connectivity index (χ1) is 17.1. The van der Waals surface area contributed by atoms with Crippen LogP contribution in [0.5, 0.6) is 5.75 Å². The molecule has 0 saturated carbocycles. The molecule has 0 atom stereocenters. The van der Waals surface area contributed by atoms with Gasteiger partial charge in [0.25, 0.3) is 5.91 Å². The molecule has 1 fully saturated rings. The van der Waals surface area contributed by atoms with E-state index in [1.54, 1.807) is 0 Å². The van der Waals surface area contributed by atoms with Crippen molar-refractivity contribution in [2.45, 2.75) is 39.5 Å². The minimum absolute atomic E-state index is 0.171. The average Bonchev–Trinajstić information content (AvgIpc) is 3.33. The molecule has 35 heavy (non-hydrogen) atoms. The largest absolute Gasteiger partial charge is 0.494 e. The van der Waals surface area contributed by atoms with Gasteiger partial charge in [-0.2, -0.15) is 10.1 Å². The van der Waals surface area contributed by atoms with Gasteiger partial charge in [0, 0.05) is 30.4 Å². The second-order valence-electron chi connectivity index (χ2n) is 8.84. The quantitative estimate of drug-likeness (QED) is 0.408. The first kappa shape index (κ1) is 23.4. The highest BCUT2D eigenvalue weighted by atomic mass is 32.2. The summed E-state index contributed by atoms with van der Waals surface area (Å²) in [6.07, 6.45) is 8.72. The summed E-state index contributed by atoms with van der Waals surface area (Å²) < 4.78 is 7.60. The smallest absolute Gasteiger partial charge is 0.286 e. The number of carbonyl (C=O) groups is 1. The lowest BCUT2D eigenvalue weighted by atomic mass is 10.0. The van der Waals surface area contributed by atoms with Gasteiger partial charge >= 0.3 is 0 Å². The number of aryl methyl sites for hydroxylation is 1. The number of rotatable bonds is 5. The van der Waals surface area contributed by atoms with Crippen molar-refractivity contribution < 1.29 is 9.53 Å². The fourth-order valence-electron chi connectivity index (χ4n) is 4.48. The molecule has 3 aromatic rings. The third kappa shape index (κ3) is 5.20. The zero-order valence-electron chi connectivity index (χ0n) is 20.2. The maximum absolute atomic E-state index is 12.9. The summed E-state index contributed by atoms with van der Waals surface area (Å²) in [4.78, 5) is 20.2. The van der Waals surface area contributed by atoms with Crippen LogP contribution in [0.2, 0.25) is 0 Å². The molecule has 3 heterocycles. The van der Waals surface area contributed by atoms with Crippen molar-refractivity contribution in [2.24, 2.45) is 4.99 Å². The molecule has 0 N–H and O–H groups in total. The molecule has 7 heteroatoms. The molecule has 0 radical (unpaired) electrons. The van der Waals surface area contributed by atoms with Crippen molar-refractivity contribution >= 4 is 28.9 Å². The number of likely N-dealkylation sites (tertiary alicyclic amines) is 1. The number of aliphatic imine (C=N–C) groups is 1. The van der Waals surface area contributed by atoms with Crippen LogP contribution < -0.4 is 4.74 Å². The molecule has 2 aliphatic heterocycles. The molecule has 1 amide bonds. The van der Waals surface area contributed by atoms with E-state index in [-0.39, 0.29) is 5.91 Å². The number of carbonyl (C=O) groups excluding carboxylic acids is 1. The number of hydrogen-bond donors (Lipinski definition) is 0. The molecule has 2 aliphatic rings. The number of nitrogens with zero attached hydrogens (tertiary/aromatic N) is 4. The van der Waals surface area contributed by atoms with Gasteiger partial charge in [0.1, 0.15) is 11.4 Å². The fraction of sp³-hybridized carbons (Fsp3) is 0.321. The number of amidine groups is 1. The average molecular weight is 487 g/mol. The van der Waals surface area contributed by atoms with Crippen molar-refractivity contribution in [1.29, 1.82) is 0 Å². The number of hydrogen-bond acceptors (Lipinski definition) is 5. The lowest BCUT2D eigenvalue weighted by Crippen LogP contribution is -2.28. The first-order valence-electron chi connectivity index (χ1n) is 12.3. The molecule has 0 aliphatic carbocycles. The van der Waals surface area contributed by atoms with E-state index in [0.717, 1.165) is 64.9 Å². The Morgan fingerprint density at radius 1 is 1.06 bits per heavy atom. The molecule has 1 saturated heterocycles. The van der Waals surface area contributed by atoms with E-state index < -0.39 is 0 Å². The maximum Gasteiger partial charge on any atom is 0.286 e. The van der Waals surface area contributed by atoms with Gasteiger partial charge in [-0.15, -0.1) is 0 Å². The predicted molar refractivity (Wildman–Crippen MR) is 143 cm³/mol. The SMILES string of the molecule is CCOc1ccc(-c2nn(-c3ccccc3)cc2/C=C2/SC(N3CCCCCC3)=NC2=O)cc1C. The highest BCUT2D eigenvalue weighted by Crippen LogP contribution is 2.35. The Hall–Kier alpha value is -3.32. The number of ether oxygens (including phenoxy) is 1. The van der Waals surface area contributed by atoms with Crippen LogP contribution in [0.3, 0.4) is 0 Å². The van der Waals surface area contributed by atoms with Gasteiger partial charge in [0.2, 0.25) is 0 Å². The Morgan fingerprint density at radius 2 is 1.83 bits per heavy atom. The molecular weight excluding hydrogens is 456 g/mol. The molecule has 0 bridgehead atoms. The predicted octanol–water partition coefficient (Wildman–Crippen LogP) is 6.09. The maximum atomic E-state index is 12.9. The summed E-state index contributed by atoms with van der Waals surface area (Å²) in [6, 6.07) is 16.1. The lowest BCUT2D eigenvalue weighted by Gasteiger charge is -2.20. The van der Waals surface area contributed by atoms with E-state index >= 15 is 0 Å². The van der Waals surface area contributed by atoms with Gasteiger partial charge in [-0.05, 0) is 80.4 Å². The first-order valence-corrected chi connectivity index (χ1v) is 13.1. The summed E-state index contributed by atoms with van der Waals surface area (Å²) in [7, 11) is 0. The van der Waals surface area contributed by atoms with Crippen molar-refractivity contribution in [3.8, 4) is 22.7 Å². The van der Waals surface area contributed by atoms with Gasteiger partial charge < -0.3 is 9.64 Å². The monoisotopic (exact) mass is 486 g/mol. The Bertz CT molecular complexity index is 1270. The second kappa shape index (κ2) is 10.5. The summed E-state index contributed by atoms with van der Waals surface area (Å²) >= 11 is 1.48. The van der Waals surface area contributed by atoms with E-state index in [2.05, 4.69) is 16.0 Å². The second-order valence-corrected chi connectivity index (χ2v) is 9.85. The number of amides is 1. The van der Waals surface area contributed by atoms with Gasteiger partial charge in [0.05, 0.1) is 17.2 Å². The molecule has 1 aromatic heterocycles. The lowest BCUT2D eigenvalue weighted by molar-refractivity contribution is -0.113. The van der Waals surface area contributed by atoms with Gasteiger partial charge in [-0.25, -0.2) is 4.68 Å². The Morgan fingerprint density at radius 3 is 2.54 bits per heavy atom. The molecule has 0 unspecified atom stereocenters. The molecule has 2 aromatic carbocycles. The van der Waals surface area contributed by atoms with Crippen LogP contribution in [0.15, 0.2) is 64.6 Å². The molecule has 180 valence electrons. The van der Waals surface area contributed by atoms with Gasteiger partial charge in [0.15, 0.2) is 5.17 Å². The molecule has 6 nitrogen and oxygen atoms in total. The van der Waals surface area contributed by atoms with Crippen molar-refractivity contribution in [1.82, 2.24) is 14.7 Å². The Labute approximate surface area is 210 Å². The van der Waals surface area contributed by atoms with Crippen molar-refractivity contribution in [2.75, 3.05) is 19.7 Å². The van der Waals surface area contributed by atoms with Crippen molar-refractivity contribution in [3.63, 3.8) is 0 Å². The van der Waals surface area contributed by atoms with E-state index in [1.165, 1.54) is 24.6 Å². The summed E-state index contributed by atoms with van der Waals surface area (Å²) in [5.74, 6) is 0.700. The zero-order valence-corrected chi connectivity index (χ0v) is 21.1. The fourth-order valence-corrected chi connectivity index (χ4v) is 5.44. The normalized spacial score (nSPS) is 17.5. The zero-order chi connectivity index (χ0) is 24.2. The molecule has 0 spiro atoms. The minimum Gasteiger partial charge on any atom is -0.494 e. The van der Waals surface area contributed by atoms with Crippen LogP contribution >= 0.6 is 11.8 Å².